The van der Waals surface area contributed by atoms with Gasteiger partial charge in [0.15, 0.2) is 5.58 Å². The lowest BCUT2D eigenvalue weighted by Gasteiger charge is -2.34. The molecule has 36 heavy (non-hydrogen) atoms. The summed E-state index contributed by atoms with van der Waals surface area (Å²) in [5, 5.41) is 9.76. The molecule has 4 aromatic rings. The summed E-state index contributed by atoms with van der Waals surface area (Å²) >= 11 is 0. The predicted octanol–water partition coefficient (Wildman–Crippen LogP) is 6.33. The molecule has 1 N–H and O–H groups in total. The Morgan fingerprint density at radius 3 is 2.33 bits per heavy atom. The third-order valence-corrected chi connectivity index (χ3v) is 5.86. The number of nitrogens with zero attached hydrogens (tertiary/aromatic N) is 3. The predicted molar refractivity (Wildman–Crippen MR) is 137 cm³/mol. The van der Waals surface area contributed by atoms with Crippen molar-refractivity contribution in [3.8, 4) is 5.75 Å². The van der Waals surface area contributed by atoms with Gasteiger partial charge in [0, 0.05) is 29.8 Å². The quantitative estimate of drug-likeness (QED) is 0.295. The molecule has 0 aliphatic heterocycles. The number of halogens is 1. The van der Waals surface area contributed by atoms with E-state index in [1.54, 1.807) is 18.2 Å². The molecule has 0 saturated carbocycles. The molecule has 188 valence electrons. The van der Waals surface area contributed by atoms with Gasteiger partial charge >= 0.3 is 6.09 Å². The topological polar surface area (TPSA) is 79.0 Å². The summed E-state index contributed by atoms with van der Waals surface area (Å²) in [4.78, 5) is 19.8. The minimum atomic E-state index is -0.992. The van der Waals surface area contributed by atoms with Crippen LogP contribution in [0.1, 0.15) is 31.9 Å². The van der Waals surface area contributed by atoms with Crippen LogP contribution in [0.4, 0.5) is 15.2 Å². The molecule has 0 unspecified atom stereocenters. The Balaban J connectivity index is 1.60. The van der Waals surface area contributed by atoms with Crippen molar-refractivity contribution in [3.63, 3.8) is 0 Å². The average molecular weight is 492 g/mol. The Morgan fingerprint density at radius 1 is 0.972 bits per heavy atom. The molecule has 0 fully saturated rings. The number of carbonyl (C=O) groups is 1. The molecule has 0 aliphatic carbocycles. The van der Waals surface area contributed by atoms with Crippen molar-refractivity contribution >= 4 is 23.2 Å². The second-order valence-corrected chi connectivity index (χ2v) is 9.48. The van der Waals surface area contributed by atoms with Crippen LogP contribution in [0.25, 0.3) is 11.1 Å². The highest BCUT2D eigenvalue weighted by molar-refractivity contribution is 5.74. The molecule has 8 heteroatoms. The van der Waals surface area contributed by atoms with Gasteiger partial charge in [0.1, 0.15) is 23.7 Å². The summed E-state index contributed by atoms with van der Waals surface area (Å²) in [6.45, 7) is 6.61. The van der Waals surface area contributed by atoms with Gasteiger partial charge < -0.3 is 24.1 Å². The van der Waals surface area contributed by atoms with Gasteiger partial charge in [-0.15, -0.1) is 0 Å². The van der Waals surface area contributed by atoms with Crippen LogP contribution >= 0.6 is 0 Å². The Bertz CT molecular complexity index is 1300. The lowest BCUT2D eigenvalue weighted by atomic mass is 10.1. The van der Waals surface area contributed by atoms with E-state index in [2.05, 4.69) is 4.98 Å². The molecule has 0 atom stereocenters. The van der Waals surface area contributed by atoms with Gasteiger partial charge in [-0.1, -0.05) is 48.5 Å². The first-order valence-electron chi connectivity index (χ1n) is 11.8. The van der Waals surface area contributed by atoms with E-state index in [0.29, 0.717) is 41.5 Å². The Morgan fingerprint density at radius 2 is 1.64 bits per heavy atom. The van der Waals surface area contributed by atoms with Crippen molar-refractivity contribution in [3.05, 3.63) is 89.7 Å². The van der Waals surface area contributed by atoms with E-state index in [1.807, 2.05) is 74.2 Å². The first kappa shape index (κ1) is 25.0. The fraction of sp³-hybridized carbons (Fsp3) is 0.286. The van der Waals surface area contributed by atoms with Crippen molar-refractivity contribution < 1.29 is 23.4 Å². The highest BCUT2D eigenvalue weighted by Crippen LogP contribution is 2.27. The highest BCUT2D eigenvalue weighted by Gasteiger charge is 2.27. The number of ether oxygens (including phenoxy) is 1. The van der Waals surface area contributed by atoms with Gasteiger partial charge in [-0.2, -0.15) is 4.98 Å². The van der Waals surface area contributed by atoms with E-state index in [4.69, 9.17) is 9.15 Å². The van der Waals surface area contributed by atoms with E-state index >= 15 is 0 Å². The fourth-order valence-electron chi connectivity index (χ4n) is 3.93. The van der Waals surface area contributed by atoms with Gasteiger partial charge in [-0.3, -0.25) is 0 Å². The SMILES string of the molecule is CC(C)(C)N(CCN(Cc1ccccc1OCc1ccccc1F)c1nc2ccccc2o1)C(=O)O. The van der Waals surface area contributed by atoms with Crippen LogP contribution in [0.3, 0.4) is 0 Å². The molecule has 0 radical (unpaired) electrons. The van der Waals surface area contributed by atoms with Crippen LogP contribution in [0.2, 0.25) is 0 Å². The number of hydrogen-bond donors (Lipinski definition) is 1. The van der Waals surface area contributed by atoms with Gasteiger partial charge in [0.2, 0.25) is 0 Å². The first-order chi connectivity index (χ1) is 17.2. The van der Waals surface area contributed by atoms with E-state index in [-0.39, 0.29) is 19.0 Å². The maximum atomic E-state index is 14.1. The summed E-state index contributed by atoms with van der Waals surface area (Å²) in [7, 11) is 0. The molecule has 7 nitrogen and oxygen atoms in total. The highest BCUT2D eigenvalue weighted by atomic mass is 19.1. The third-order valence-electron chi connectivity index (χ3n) is 5.86. The molecule has 1 heterocycles. The summed E-state index contributed by atoms with van der Waals surface area (Å²) in [5.41, 5.74) is 2.10. The zero-order valence-corrected chi connectivity index (χ0v) is 20.6. The van der Waals surface area contributed by atoms with Gasteiger partial charge in [-0.25, -0.2) is 9.18 Å². The largest absolute Gasteiger partial charge is 0.488 e. The number of rotatable bonds is 9. The molecule has 0 spiro atoms. The number of para-hydroxylation sites is 3. The minimum absolute atomic E-state index is 0.0867. The monoisotopic (exact) mass is 491 g/mol. The van der Waals surface area contributed by atoms with Crippen molar-refractivity contribution in [1.29, 1.82) is 0 Å². The third kappa shape index (κ3) is 5.94. The molecule has 1 aromatic heterocycles. The van der Waals surface area contributed by atoms with E-state index in [9.17, 15) is 14.3 Å². The summed E-state index contributed by atoms with van der Waals surface area (Å²) in [5.74, 6) is 0.284. The fourth-order valence-corrected chi connectivity index (χ4v) is 3.93. The van der Waals surface area contributed by atoms with Crippen LogP contribution in [0.15, 0.2) is 77.2 Å². The average Bonchev–Trinajstić information content (AvgIpc) is 3.27. The second kappa shape index (κ2) is 10.7. The molecule has 0 aliphatic rings. The summed E-state index contributed by atoms with van der Waals surface area (Å²) in [6, 6.07) is 21.9. The zero-order valence-electron chi connectivity index (χ0n) is 20.6. The summed E-state index contributed by atoms with van der Waals surface area (Å²) in [6.07, 6.45) is -0.992. The molecule has 4 rings (SSSR count). The zero-order chi connectivity index (χ0) is 25.7. The van der Waals surface area contributed by atoms with Crippen molar-refractivity contribution in [2.45, 2.75) is 39.5 Å². The number of carboxylic acid groups (broad SMARTS) is 1. The van der Waals surface area contributed by atoms with E-state index < -0.39 is 11.6 Å². The van der Waals surface area contributed by atoms with Gasteiger partial charge in [-0.05, 0) is 45.0 Å². The number of benzene rings is 3. The number of anilines is 1. The van der Waals surface area contributed by atoms with Crippen LogP contribution in [0.5, 0.6) is 5.75 Å². The molecule has 1 amide bonds. The van der Waals surface area contributed by atoms with Crippen LogP contribution in [0, 0.1) is 5.82 Å². The van der Waals surface area contributed by atoms with Crippen molar-refractivity contribution in [1.82, 2.24) is 9.88 Å². The Hall–Kier alpha value is -4.07. The maximum absolute atomic E-state index is 14.1. The van der Waals surface area contributed by atoms with Crippen LogP contribution < -0.4 is 9.64 Å². The summed E-state index contributed by atoms with van der Waals surface area (Å²) < 4.78 is 26.1. The van der Waals surface area contributed by atoms with Crippen LogP contribution in [-0.4, -0.2) is 39.7 Å². The number of fused-ring (bicyclic) bond motifs is 1. The van der Waals surface area contributed by atoms with E-state index in [0.717, 1.165) is 5.56 Å². The van der Waals surface area contributed by atoms with Crippen LogP contribution in [-0.2, 0) is 13.2 Å². The number of oxazole rings is 1. The first-order valence-corrected chi connectivity index (χ1v) is 11.8. The molecule has 0 bridgehead atoms. The van der Waals surface area contributed by atoms with Crippen molar-refractivity contribution in [2.75, 3.05) is 18.0 Å². The lowest BCUT2D eigenvalue weighted by molar-refractivity contribution is 0.102. The number of amides is 1. The Labute approximate surface area is 209 Å². The lowest BCUT2D eigenvalue weighted by Crippen LogP contribution is -2.48. The molecular formula is C28H30FN3O4. The van der Waals surface area contributed by atoms with Gasteiger partial charge in [0.05, 0.1) is 6.54 Å². The Kier molecular flexibility index (Phi) is 7.43. The minimum Gasteiger partial charge on any atom is -0.488 e. The van der Waals surface area contributed by atoms with E-state index in [1.165, 1.54) is 11.0 Å². The standard InChI is InChI=1S/C28H30FN3O4/c1-28(2,3)32(27(33)34)17-16-31(26-30-23-13-7-9-15-25(23)36-26)18-20-10-5-8-14-24(20)35-19-21-11-4-6-12-22(21)29/h4-15H,16-19H2,1-3H3,(H,33,34). The number of aromatic nitrogens is 1. The number of hydrogen-bond acceptors (Lipinski definition) is 5. The van der Waals surface area contributed by atoms with Crippen molar-refractivity contribution in [2.24, 2.45) is 0 Å². The second-order valence-electron chi connectivity index (χ2n) is 9.48. The smallest absolute Gasteiger partial charge is 0.407 e. The molecule has 0 saturated heterocycles. The normalized spacial score (nSPS) is 11.4. The van der Waals surface area contributed by atoms with Gasteiger partial charge in [0.25, 0.3) is 6.01 Å². The maximum Gasteiger partial charge on any atom is 0.407 e. The molecular weight excluding hydrogens is 461 g/mol. The molecule has 3 aromatic carbocycles.